The number of hydrogen-bond donors (Lipinski definition) is 1. The Hall–Kier alpha value is -3.28. The number of likely N-dealkylation sites (tertiary alicyclic amines) is 2. The van der Waals surface area contributed by atoms with Crippen molar-refractivity contribution >= 4 is 29.0 Å². The number of nitrogens with one attached hydrogen (secondary N) is 1. The van der Waals surface area contributed by atoms with E-state index in [0.717, 1.165) is 59.1 Å². The lowest BCUT2D eigenvalue weighted by atomic mass is 9.72. The van der Waals surface area contributed by atoms with E-state index in [9.17, 15) is 9.59 Å². The summed E-state index contributed by atoms with van der Waals surface area (Å²) in [5.74, 6) is 1.22. The van der Waals surface area contributed by atoms with Crippen LogP contribution in [-0.2, 0) is 16.0 Å². The molecule has 1 spiro atoms. The number of carbonyl (C=O) groups is 2. The largest absolute Gasteiger partial charge is 0.359 e. The normalized spacial score (nSPS) is 26.2. The van der Waals surface area contributed by atoms with Crippen LogP contribution >= 0.6 is 11.3 Å². The Morgan fingerprint density at radius 2 is 1.83 bits per heavy atom. The first kappa shape index (κ1) is 32.0. The van der Waals surface area contributed by atoms with Crippen molar-refractivity contribution in [2.75, 3.05) is 50.7 Å². The predicted octanol–water partition coefficient (Wildman–Crippen LogP) is 5.05. The predicted molar refractivity (Wildman–Crippen MR) is 187 cm³/mol. The first-order valence-electron chi connectivity index (χ1n) is 18.1. The number of carbonyl (C=O) groups excluding carboxylic acids is 2. The van der Waals surface area contributed by atoms with Crippen molar-refractivity contribution in [1.82, 2.24) is 30.2 Å². The molecule has 11 heteroatoms. The molecular formula is C37H49N7O3S. The number of anilines is 1. The van der Waals surface area contributed by atoms with E-state index >= 15 is 0 Å². The fourth-order valence-electron chi connectivity index (χ4n) is 9.16. The lowest BCUT2D eigenvalue weighted by Crippen LogP contribution is -2.61. The smallest absolute Gasteiger partial charge is 0.243 e. The van der Waals surface area contributed by atoms with E-state index < -0.39 is 6.04 Å². The second kappa shape index (κ2) is 13.2. The van der Waals surface area contributed by atoms with E-state index in [0.29, 0.717) is 24.1 Å². The highest BCUT2D eigenvalue weighted by atomic mass is 32.1. The molecule has 1 N–H and O–H groups in total. The summed E-state index contributed by atoms with van der Waals surface area (Å²) >= 11 is 1.63. The van der Waals surface area contributed by atoms with Gasteiger partial charge in [0, 0.05) is 49.7 Å². The lowest BCUT2D eigenvalue weighted by Gasteiger charge is -2.54. The summed E-state index contributed by atoms with van der Waals surface area (Å²) in [7, 11) is 0. The number of piperidine rings is 1. The summed E-state index contributed by atoms with van der Waals surface area (Å²) in [6, 6.07) is 11.2. The molecule has 4 unspecified atom stereocenters. The van der Waals surface area contributed by atoms with Gasteiger partial charge in [0.15, 0.2) is 5.82 Å². The van der Waals surface area contributed by atoms with Crippen LogP contribution in [0.3, 0.4) is 0 Å². The SMILES string of the molecule is Cc1ncsc1-c1ccc(C(C)NC(=O)C2CCCN2C(=O)Cc2cc(N3CC4(CCN(CC5CCC6CCCN65)CC4)C3)no2)cc1. The first-order chi connectivity index (χ1) is 23.3. The van der Waals surface area contributed by atoms with E-state index in [1.807, 2.05) is 25.4 Å². The fraction of sp³-hybridized carbons (Fsp3) is 0.622. The van der Waals surface area contributed by atoms with Gasteiger partial charge >= 0.3 is 0 Å². The molecule has 7 heterocycles. The lowest BCUT2D eigenvalue weighted by molar-refractivity contribution is -0.138. The highest BCUT2D eigenvalue weighted by molar-refractivity contribution is 7.13. The third kappa shape index (κ3) is 6.29. The van der Waals surface area contributed by atoms with Gasteiger partial charge in [-0.15, -0.1) is 11.3 Å². The van der Waals surface area contributed by atoms with Crippen molar-refractivity contribution in [3.8, 4) is 10.4 Å². The molecule has 0 saturated carbocycles. The Kier molecular flexibility index (Phi) is 8.79. The molecule has 0 aliphatic carbocycles. The molecule has 8 rings (SSSR count). The molecule has 48 heavy (non-hydrogen) atoms. The molecule has 5 saturated heterocycles. The molecule has 0 radical (unpaired) electrons. The van der Waals surface area contributed by atoms with Gasteiger partial charge in [-0.25, -0.2) is 4.98 Å². The Morgan fingerprint density at radius 1 is 1.04 bits per heavy atom. The molecule has 5 fully saturated rings. The van der Waals surface area contributed by atoms with Gasteiger partial charge in [0.1, 0.15) is 11.8 Å². The quantitative estimate of drug-likeness (QED) is 0.338. The van der Waals surface area contributed by atoms with Gasteiger partial charge in [-0.1, -0.05) is 29.4 Å². The Bertz CT molecular complexity index is 1600. The van der Waals surface area contributed by atoms with Gasteiger partial charge < -0.3 is 24.5 Å². The van der Waals surface area contributed by atoms with Crippen LogP contribution in [0.2, 0.25) is 0 Å². The monoisotopic (exact) mass is 671 g/mol. The summed E-state index contributed by atoms with van der Waals surface area (Å²) in [5, 5.41) is 7.50. The Morgan fingerprint density at radius 3 is 2.60 bits per heavy atom. The van der Waals surface area contributed by atoms with Crippen molar-refractivity contribution in [2.45, 2.75) is 95.8 Å². The minimum absolute atomic E-state index is 0.0813. The topological polar surface area (TPSA) is 98.0 Å². The standard InChI is InChI=1S/C37H49N7O3S/c1-25(27-7-9-28(10-8-27)35-26(2)38-24-48-35)39-36(46)32-6-4-16-44(32)34(45)20-31-19-33(40-47-31)42-22-37(23-42)13-17-41(18-14-37)21-30-12-11-29-5-3-15-43(29)30/h7-10,19,24-25,29-30,32H,3-6,11-18,20-23H2,1-2H3,(H,39,46). The van der Waals surface area contributed by atoms with E-state index in [2.05, 4.69) is 54.4 Å². The van der Waals surface area contributed by atoms with Crippen LogP contribution in [0.15, 0.2) is 40.4 Å². The molecule has 3 aromatic rings. The van der Waals surface area contributed by atoms with Gasteiger partial charge in [-0.05, 0) is 96.0 Å². The number of amides is 2. The molecule has 1 aromatic carbocycles. The molecule has 5 aliphatic rings. The third-order valence-corrected chi connectivity index (χ3v) is 13.0. The molecule has 4 atom stereocenters. The zero-order valence-corrected chi connectivity index (χ0v) is 29.2. The van der Waals surface area contributed by atoms with Gasteiger partial charge in [0.05, 0.1) is 28.5 Å². The number of nitrogens with zero attached hydrogens (tertiary/aromatic N) is 6. The van der Waals surface area contributed by atoms with Crippen LogP contribution in [0.25, 0.3) is 10.4 Å². The van der Waals surface area contributed by atoms with E-state index in [1.165, 1.54) is 64.7 Å². The number of fused-ring (bicyclic) bond motifs is 1. The second-order valence-corrected chi connectivity index (χ2v) is 16.0. The molecule has 5 aliphatic heterocycles. The van der Waals surface area contributed by atoms with Crippen LogP contribution in [-0.4, -0.2) is 101 Å². The molecule has 0 bridgehead atoms. The van der Waals surface area contributed by atoms with Crippen LogP contribution in [0.4, 0.5) is 5.82 Å². The second-order valence-electron chi connectivity index (χ2n) is 15.1. The summed E-state index contributed by atoms with van der Waals surface area (Å²) in [5.41, 5.74) is 5.43. The maximum absolute atomic E-state index is 13.4. The third-order valence-electron chi connectivity index (χ3n) is 12.0. The number of aryl methyl sites for hydroxylation is 1. The van der Waals surface area contributed by atoms with Gasteiger partial charge in [0.2, 0.25) is 11.8 Å². The van der Waals surface area contributed by atoms with Crippen LogP contribution in [0, 0.1) is 12.3 Å². The molecule has 2 amide bonds. The maximum Gasteiger partial charge on any atom is 0.243 e. The van der Waals surface area contributed by atoms with Crippen LogP contribution in [0.5, 0.6) is 0 Å². The Labute approximate surface area is 287 Å². The Balaban J connectivity index is 0.799. The molecular weight excluding hydrogens is 623 g/mol. The minimum atomic E-state index is -0.465. The average Bonchev–Trinajstić information content (AvgIpc) is 3.91. The number of aromatic nitrogens is 2. The fourth-order valence-corrected chi connectivity index (χ4v) is 9.97. The highest BCUT2D eigenvalue weighted by Gasteiger charge is 2.47. The van der Waals surface area contributed by atoms with Gasteiger partial charge in [-0.2, -0.15) is 0 Å². The summed E-state index contributed by atoms with van der Waals surface area (Å²) in [4.78, 5) is 41.8. The molecule has 2 aromatic heterocycles. The number of benzene rings is 1. The molecule has 10 nitrogen and oxygen atoms in total. The summed E-state index contributed by atoms with van der Waals surface area (Å²) in [6.07, 6.45) is 9.69. The van der Waals surface area contributed by atoms with Crippen LogP contribution in [0.1, 0.15) is 81.3 Å². The van der Waals surface area contributed by atoms with E-state index in [-0.39, 0.29) is 24.3 Å². The maximum atomic E-state index is 13.4. The highest BCUT2D eigenvalue weighted by Crippen LogP contribution is 2.43. The van der Waals surface area contributed by atoms with E-state index in [1.54, 1.807) is 16.2 Å². The average molecular weight is 672 g/mol. The number of thiazole rings is 1. The van der Waals surface area contributed by atoms with Crippen LogP contribution < -0.4 is 10.2 Å². The number of hydrogen-bond acceptors (Lipinski definition) is 9. The van der Waals surface area contributed by atoms with Crippen molar-refractivity contribution in [3.05, 3.63) is 52.9 Å². The van der Waals surface area contributed by atoms with E-state index in [4.69, 9.17) is 4.52 Å². The summed E-state index contributed by atoms with van der Waals surface area (Å²) < 4.78 is 5.66. The van der Waals surface area contributed by atoms with Crippen molar-refractivity contribution in [1.29, 1.82) is 0 Å². The van der Waals surface area contributed by atoms with Gasteiger partial charge in [-0.3, -0.25) is 14.5 Å². The van der Waals surface area contributed by atoms with Crippen molar-refractivity contribution < 1.29 is 14.1 Å². The minimum Gasteiger partial charge on any atom is -0.359 e. The molecule has 256 valence electrons. The van der Waals surface area contributed by atoms with Crippen molar-refractivity contribution in [2.24, 2.45) is 5.41 Å². The summed E-state index contributed by atoms with van der Waals surface area (Å²) in [6.45, 7) is 11.6. The first-order valence-corrected chi connectivity index (χ1v) is 19.0. The zero-order valence-electron chi connectivity index (χ0n) is 28.4. The van der Waals surface area contributed by atoms with Gasteiger partial charge in [0.25, 0.3) is 0 Å². The van der Waals surface area contributed by atoms with Crippen molar-refractivity contribution in [3.63, 3.8) is 0 Å². The zero-order chi connectivity index (χ0) is 32.8. The number of rotatable bonds is 9.